The van der Waals surface area contributed by atoms with Gasteiger partial charge in [0.25, 0.3) is 0 Å². The number of benzene rings is 1. The highest BCUT2D eigenvalue weighted by Crippen LogP contribution is 2.21. The zero-order valence-corrected chi connectivity index (χ0v) is 19.9. The number of guanidine groups is 1. The number of morpholine rings is 1. The fourth-order valence-electron chi connectivity index (χ4n) is 3.54. The maximum atomic E-state index is 13.4. The molecule has 1 aromatic carbocycles. The van der Waals surface area contributed by atoms with Crippen molar-refractivity contribution in [3.05, 3.63) is 65.2 Å². The predicted octanol–water partition coefficient (Wildman–Crippen LogP) is 2.93. The number of aryl methyl sites for hydroxylation is 1. The van der Waals surface area contributed by atoms with Crippen molar-refractivity contribution < 1.29 is 9.13 Å². The van der Waals surface area contributed by atoms with Gasteiger partial charge in [-0.15, -0.1) is 24.0 Å². The Morgan fingerprint density at radius 2 is 1.93 bits per heavy atom. The summed E-state index contributed by atoms with van der Waals surface area (Å²) in [5, 5.41) is 6.81. The van der Waals surface area contributed by atoms with Crippen LogP contribution in [0.25, 0.3) is 0 Å². The third-order valence-electron chi connectivity index (χ3n) is 5.25. The van der Waals surface area contributed by atoms with E-state index in [-0.39, 0.29) is 35.8 Å². The number of aliphatic imine (C=N–C) groups is 1. The SMILES string of the molecule is CN=C(NCCc1ccncc1C)NCC(c1ccc(F)cc1)N1CCOCC1.I. The molecule has 30 heavy (non-hydrogen) atoms. The van der Waals surface area contributed by atoms with Crippen molar-refractivity contribution in [1.29, 1.82) is 0 Å². The molecule has 1 saturated heterocycles. The fourth-order valence-corrected chi connectivity index (χ4v) is 3.54. The van der Waals surface area contributed by atoms with Gasteiger partial charge in [-0.2, -0.15) is 0 Å². The quantitative estimate of drug-likeness (QED) is 0.330. The molecule has 0 radical (unpaired) electrons. The zero-order chi connectivity index (χ0) is 20.5. The first kappa shape index (κ1) is 24.5. The van der Waals surface area contributed by atoms with Gasteiger partial charge in [-0.3, -0.25) is 14.9 Å². The molecule has 0 amide bonds. The summed E-state index contributed by atoms with van der Waals surface area (Å²) >= 11 is 0. The van der Waals surface area contributed by atoms with Crippen molar-refractivity contribution >= 4 is 29.9 Å². The molecular weight excluding hydrogens is 496 g/mol. The van der Waals surface area contributed by atoms with E-state index in [1.54, 1.807) is 7.05 Å². The number of aromatic nitrogens is 1. The van der Waals surface area contributed by atoms with Crippen LogP contribution in [0.4, 0.5) is 4.39 Å². The van der Waals surface area contributed by atoms with Gasteiger partial charge in [0, 0.05) is 45.6 Å². The molecule has 1 atom stereocenters. The van der Waals surface area contributed by atoms with E-state index < -0.39 is 0 Å². The topological polar surface area (TPSA) is 61.8 Å². The van der Waals surface area contributed by atoms with Gasteiger partial charge in [-0.1, -0.05) is 12.1 Å². The van der Waals surface area contributed by atoms with Crippen molar-refractivity contribution in [2.45, 2.75) is 19.4 Å². The summed E-state index contributed by atoms with van der Waals surface area (Å²) in [5.41, 5.74) is 3.56. The van der Waals surface area contributed by atoms with Crippen molar-refractivity contribution in [1.82, 2.24) is 20.5 Å². The predicted molar refractivity (Wildman–Crippen MR) is 129 cm³/mol. The molecule has 3 rings (SSSR count). The highest BCUT2D eigenvalue weighted by molar-refractivity contribution is 14.0. The maximum absolute atomic E-state index is 13.4. The van der Waals surface area contributed by atoms with Crippen LogP contribution in [-0.2, 0) is 11.2 Å². The third kappa shape index (κ3) is 7.17. The summed E-state index contributed by atoms with van der Waals surface area (Å²) in [6.45, 7) is 6.69. The largest absolute Gasteiger partial charge is 0.379 e. The van der Waals surface area contributed by atoms with Gasteiger partial charge in [0.15, 0.2) is 5.96 Å². The van der Waals surface area contributed by atoms with E-state index in [0.717, 1.165) is 50.8 Å². The summed E-state index contributed by atoms with van der Waals surface area (Å²) in [6.07, 6.45) is 4.61. The summed E-state index contributed by atoms with van der Waals surface area (Å²) < 4.78 is 18.9. The van der Waals surface area contributed by atoms with E-state index in [2.05, 4.69) is 38.5 Å². The van der Waals surface area contributed by atoms with Gasteiger partial charge >= 0.3 is 0 Å². The first-order chi connectivity index (χ1) is 14.2. The second-order valence-corrected chi connectivity index (χ2v) is 7.15. The van der Waals surface area contributed by atoms with E-state index in [9.17, 15) is 4.39 Å². The normalized spacial score (nSPS) is 15.9. The Morgan fingerprint density at radius 3 is 2.60 bits per heavy atom. The van der Waals surface area contributed by atoms with Crippen LogP contribution in [0.2, 0.25) is 0 Å². The summed E-state index contributed by atoms with van der Waals surface area (Å²) in [7, 11) is 1.77. The highest BCUT2D eigenvalue weighted by atomic mass is 127. The number of hydrogen-bond donors (Lipinski definition) is 2. The minimum atomic E-state index is -0.216. The van der Waals surface area contributed by atoms with Gasteiger partial charge in [0.2, 0.25) is 0 Å². The summed E-state index contributed by atoms with van der Waals surface area (Å²) in [5.74, 6) is 0.545. The van der Waals surface area contributed by atoms with Crippen LogP contribution in [0, 0.1) is 12.7 Å². The Kier molecular flexibility index (Phi) is 10.5. The molecule has 6 nitrogen and oxygen atoms in total. The van der Waals surface area contributed by atoms with Gasteiger partial charge in [-0.25, -0.2) is 4.39 Å². The Labute approximate surface area is 195 Å². The lowest BCUT2D eigenvalue weighted by atomic mass is 10.0. The Hall–Kier alpha value is -1.78. The number of hydrogen-bond acceptors (Lipinski definition) is 4. The van der Waals surface area contributed by atoms with E-state index in [0.29, 0.717) is 6.54 Å². The number of rotatable bonds is 7. The van der Waals surface area contributed by atoms with E-state index in [1.165, 1.54) is 23.3 Å². The molecule has 0 aliphatic carbocycles. The number of ether oxygens (including phenoxy) is 1. The maximum Gasteiger partial charge on any atom is 0.191 e. The standard InChI is InChI=1S/C22H30FN5O.HI/c1-17-15-25-9-7-18(17)8-10-26-22(24-2)27-16-21(28-11-13-29-14-12-28)19-3-5-20(23)6-4-19;/h3-7,9,15,21H,8,10-14,16H2,1-2H3,(H2,24,26,27);1H. The Bertz CT molecular complexity index is 796. The Balaban J connectivity index is 0.00000320. The minimum absolute atomic E-state index is 0. The number of nitrogens with one attached hydrogen (secondary N) is 2. The molecule has 164 valence electrons. The molecule has 2 heterocycles. The summed E-state index contributed by atoms with van der Waals surface area (Å²) in [4.78, 5) is 10.9. The van der Waals surface area contributed by atoms with Crippen molar-refractivity contribution in [3.8, 4) is 0 Å². The molecule has 8 heteroatoms. The average molecular weight is 527 g/mol. The van der Waals surface area contributed by atoms with Gasteiger partial charge in [0.05, 0.1) is 19.3 Å². The molecule has 1 unspecified atom stereocenters. The van der Waals surface area contributed by atoms with Crippen LogP contribution in [0.1, 0.15) is 22.7 Å². The van der Waals surface area contributed by atoms with E-state index in [4.69, 9.17) is 4.74 Å². The first-order valence-electron chi connectivity index (χ1n) is 10.1. The second kappa shape index (κ2) is 12.8. The smallest absolute Gasteiger partial charge is 0.191 e. The molecule has 1 fully saturated rings. The van der Waals surface area contributed by atoms with Crippen molar-refractivity contribution in [3.63, 3.8) is 0 Å². The molecule has 2 aromatic rings. The van der Waals surface area contributed by atoms with Crippen LogP contribution < -0.4 is 10.6 Å². The lowest BCUT2D eigenvalue weighted by Gasteiger charge is -2.35. The molecule has 1 aliphatic heterocycles. The molecular formula is C22H31FIN5O. The third-order valence-corrected chi connectivity index (χ3v) is 5.25. The van der Waals surface area contributed by atoms with Crippen molar-refractivity contribution in [2.75, 3.05) is 46.4 Å². The van der Waals surface area contributed by atoms with Crippen molar-refractivity contribution in [2.24, 2.45) is 4.99 Å². The monoisotopic (exact) mass is 527 g/mol. The fraction of sp³-hybridized carbons (Fsp3) is 0.455. The summed E-state index contributed by atoms with van der Waals surface area (Å²) in [6, 6.07) is 8.94. The second-order valence-electron chi connectivity index (χ2n) is 7.15. The van der Waals surface area contributed by atoms with E-state index >= 15 is 0 Å². The molecule has 0 saturated carbocycles. The van der Waals surface area contributed by atoms with Crippen LogP contribution in [0.15, 0.2) is 47.7 Å². The van der Waals surface area contributed by atoms with Gasteiger partial charge < -0.3 is 15.4 Å². The Morgan fingerprint density at radius 1 is 1.20 bits per heavy atom. The van der Waals surface area contributed by atoms with Crippen LogP contribution in [-0.4, -0.2) is 62.3 Å². The molecule has 0 spiro atoms. The molecule has 1 aliphatic rings. The highest BCUT2D eigenvalue weighted by Gasteiger charge is 2.23. The van der Waals surface area contributed by atoms with Gasteiger partial charge in [0.1, 0.15) is 5.82 Å². The van der Waals surface area contributed by atoms with Crippen LogP contribution >= 0.6 is 24.0 Å². The lowest BCUT2D eigenvalue weighted by Crippen LogP contribution is -2.46. The zero-order valence-electron chi connectivity index (χ0n) is 17.6. The average Bonchev–Trinajstić information content (AvgIpc) is 2.76. The van der Waals surface area contributed by atoms with Gasteiger partial charge in [-0.05, 0) is 48.2 Å². The molecule has 2 N–H and O–H groups in total. The number of pyridine rings is 1. The number of halogens is 2. The van der Waals surface area contributed by atoms with Crippen LogP contribution in [0.3, 0.4) is 0 Å². The number of nitrogens with zero attached hydrogens (tertiary/aromatic N) is 3. The molecule has 0 bridgehead atoms. The first-order valence-corrected chi connectivity index (χ1v) is 10.1. The lowest BCUT2D eigenvalue weighted by molar-refractivity contribution is 0.0170. The minimum Gasteiger partial charge on any atom is -0.379 e. The molecule has 1 aromatic heterocycles. The van der Waals surface area contributed by atoms with E-state index in [1.807, 2.05) is 24.5 Å². The van der Waals surface area contributed by atoms with Crippen LogP contribution in [0.5, 0.6) is 0 Å².